The lowest BCUT2D eigenvalue weighted by molar-refractivity contribution is 0.421. The van der Waals surface area contributed by atoms with Crippen LogP contribution in [0.25, 0.3) is 0 Å². The minimum atomic E-state index is 0.735. The van der Waals surface area contributed by atoms with Gasteiger partial charge < -0.3 is 0 Å². The molecule has 0 saturated carbocycles. The maximum Gasteiger partial charge on any atom is 0.000572 e. The van der Waals surface area contributed by atoms with E-state index < -0.39 is 0 Å². The first-order chi connectivity index (χ1) is 6.38. The quantitative estimate of drug-likeness (QED) is 0.529. The summed E-state index contributed by atoms with van der Waals surface area (Å²) in [6, 6.07) is 0. The van der Waals surface area contributed by atoms with Gasteiger partial charge in [0.05, 0.1) is 0 Å². The van der Waals surface area contributed by atoms with Gasteiger partial charge in [0.2, 0.25) is 0 Å². The first kappa shape index (κ1) is 8.80. The Balaban J connectivity index is 2.13. The van der Waals surface area contributed by atoms with Gasteiger partial charge in [0.25, 0.3) is 0 Å². The van der Waals surface area contributed by atoms with E-state index in [1.54, 1.807) is 5.57 Å². The van der Waals surface area contributed by atoms with E-state index in [0.717, 1.165) is 11.8 Å². The molecule has 2 unspecified atom stereocenters. The molecule has 70 valence electrons. The highest BCUT2D eigenvalue weighted by Crippen LogP contribution is 2.33. The fraction of sp³-hybridized carbons (Fsp3) is 0.538. The van der Waals surface area contributed by atoms with Crippen LogP contribution in [0.2, 0.25) is 0 Å². The lowest BCUT2D eigenvalue weighted by atomic mass is 9.78. The van der Waals surface area contributed by atoms with Crippen LogP contribution in [-0.2, 0) is 0 Å². The molecule has 0 saturated heterocycles. The Hall–Kier alpha value is -0.780. The van der Waals surface area contributed by atoms with Crippen molar-refractivity contribution in [2.24, 2.45) is 11.8 Å². The summed E-state index contributed by atoms with van der Waals surface area (Å²) in [7, 11) is 0. The van der Waals surface area contributed by atoms with Crippen LogP contribution >= 0.6 is 0 Å². The average molecular weight is 174 g/mol. The molecule has 0 aromatic carbocycles. The molecule has 2 aliphatic carbocycles. The lowest BCUT2D eigenvalue weighted by Gasteiger charge is -2.27. The third-order valence-electron chi connectivity index (χ3n) is 3.22. The second-order valence-corrected chi connectivity index (χ2v) is 4.22. The van der Waals surface area contributed by atoms with E-state index >= 15 is 0 Å². The second kappa shape index (κ2) is 3.95. The van der Waals surface area contributed by atoms with Crippen molar-refractivity contribution >= 4 is 0 Å². The number of rotatable bonds is 1. The Labute approximate surface area is 81.0 Å². The SMILES string of the molecule is CC1CCC=CC1C1=CC=CCC1. The minimum absolute atomic E-state index is 0.735. The van der Waals surface area contributed by atoms with E-state index in [4.69, 9.17) is 0 Å². The van der Waals surface area contributed by atoms with Gasteiger partial charge in [0.15, 0.2) is 0 Å². The standard InChI is InChI=1S/C13H18/c1-11-7-5-6-10-13(11)12-8-3-2-4-9-12/h2-3,6,8,10-11,13H,4-5,7,9H2,1H3. The van der Waals surface area contributed by atoms with E-state index in [0.29, 0.717) is 0 Å². The minimum Gasteiger partial charge on any atom is -0.0879 e. The Morgan fingerprint density at radius 3 is 2.85 bits per heavy atom. The van der Waals surface area contributed by atoms with Crippen LogP contribution in [0.15, 0.2) is 36.0 Å². The summed E-state index contributed by atoms with van der Waals surface area (Å²) in [4.78, 5) is 0. The number of allylic oxidation sites excluding steroid dienone is 6. The number of hydrogen-bond donors (Lipinski definition) is 0. The second-order valence-electron chi connectivity index (χ2n) is 4.22. The van der Waals surface area contributed by atoms with E-state index in [-0.39, 0.29) is 0 Å². The molecule has 0 nitrogen and oxygen atoms in total. The van der Waals surface area contributed by atoms with Gasteiger partial charge in [-0.05, 0) is 31.6 Å². The van der Waals surface area contributed by atoms with Crippen molar-refractivity contribution in [3.63, 3.8) is 0 Å². The van der Waals surface area contributed by atoms with Crippen molar-refractivity contribution in [2.75, 3.05) is 0 Å². The van der Waals surface area contributed by atoms with E-state index in [2.05, 4.69) is 37.3 Å². The molecule has 0 bridgehead atoms. The molecular formula is C13H18. The van der Waals surface area contributed by atoms with Crippen molar-refractivity contribution < 1.29 is 0 Å². The van der Waals surface area contributed by atoms with Crippen LogP contribution in [0.5, 0.6) is 0 Å². The van der Waals surface area contributed by atoms with Crippen LogP contribution in [0.1, 0.15) is 32.6 Å². The topological polar surface area (TPSA) is 0 Å². The van der Waals surface area contributed by atoms with Gasteiger partial charge in [-0.15, -0.1) is 0 Å². The van der Waals surface area contributed by atoms with Gasteiger partial charge in [0, 0.05) is 5.92 Å². The van der Waals surface area contributed by atoms with E-state index in [1.807, 2.05) is 0 Å². The lowest BCUT2D eigenvalue weighted by Crippen LogP contribution is -2.15. The molecule has 0 heterocycles. The Morgan fingerprint density at radius 2 is 2.15 bits per heavy atom. The van der Waals surface area contributed by atoms with Gasteiger partial charge in [-0.2, -0.15) is 0 Å². The summed E-state index contributed by atoms with van der Waals surface area (Å²) in [5, 5.41) is 0. The monoisotopic (exact) mass is 174 g/mol. The van der Waals surface area contributed by atoms with Gasteiger partial charge in [-0.1, -0.05) is 42.9 Å². The first-order valence-electron chi connectivity index (χ1n) is 5.40. The normalized spacial score (nSPS) is 33.2. The summed E-state index contributed by atoms with van der Waals surface area (Å²) in [5.74, 6) is 1.58. The molecule has 0 spiro atoms. The van der Waals surface area contributed by atoms with Crippen LogP contribution in [0.4, 0.5) is 0 Å². The molecule has 0 aromatic heterocycles. The summed E-state index contributed by atoms with van der Waals surface area (Å²) >= 11 is 0. The van der Waals surface area contributed by atoms with Crippen molar-refractivity contribution in [2.45, 2.75) is 32.6 Å². The predicted octanol–water partition coefficient (Wildman–Crippen LogP) is 3.87. The fourth-order valence-electron chi connectivity index (χ4n) is 2.36. The van der Waals surface area contributed by atoms with Crippen LogP contribution in [-0.4, -0.2) is 0 Å². The largest absolute Gasteiger partial charge is 0.0879 e. The molecule has 0 fully saturated rings. The smallest absolute Gasteiger partial charge is 0.000572 e. The van der Waals surface area contributed by atoms with Crippen molar-refractivity contribution in [3.05, 3.63) is 36.0 Å². The first-order valence-corrected chi connectivity index (χ1v) is 5.40. The molecule has 2 aliphatic rings. The van der Waals surface area contributed by atoms with Crippen LogP contribution in [0, 0.1) is 11.8 Å². The molecule has 0 N–H and O–H groups in total. The van der Waals surface area contributed by atoms with E-state index in [1.165, 1.54) is 25.7 Å². The fourth-order valence-corrected chi connectivity index (χ4v) is 2.36. The molecule has 0 aromatic rings. The molecular weight excluding hydrogens is 156 g/mol. The molecule has 0 aliphatic heterocycles. The van der Waals surface area contributed by atoms with Gasteiger partial charge >= 0.3 is 0 Å². The maximum atomic E-state index is 2.42. The van der Waals surface area contributed by atoms with Crippen molar-refractivity contribution in [1.29, 1.82) is 0 Å². The van der Waals surface area contributed by atoms with Gasteiger partial charge in [-0.25, -0.2) is 0 Å². The Kier molecular flexibility index (Phi) is 2.68. The zero-order valence-corrected chi connectivity index (χ0v) is 8.37. The van der Waals surface area contributed by atoms with Crippen molar-refractivity contribution in [3.8, 4) is 0 Å². The zero-order chi connectivity index (χ0) is 9.10. The molecule has 0 heteroatoms. The zero-order valence-electron chi connectivity index (χ0n) is 8.37. The Morgan fingerprint density at radius 1 is 1.23 bits per heavy atom. The summed E-state index contributed by atoms with van der Waals surface area (Å²) in [6.45, 7) is 2.38. The van der Waals surface area contributed by atoms with Crippen LogP contribution < -0.4 is 0 Å². The van der Waals surface area contributed by atoms with Crippen LogP contribution in [0.3, 0.4) is 0 Å². The average Bonchev–Trinajstić information content (AvgIpc) is 2.20. The molecule has 0 radical (unpaired) electrons. The predicted molar refractivity (Wildman–Crippen MR) is 57.5 cm³/mol. The molecule has 2 atom stereocenters. The highest BCUT2D eigenvalue weighted by molar-refractivity contribution is 5.24. The summed E-state index contributed by atoms with van der Waals surface area (Å²) < 4.78 is 0. The Bertz CT molecular complexity index is 255. The third kappa shape index (κ3) is 1.93. The molecule has 2 rings (SSSR count). The summed E-state index contributed by atoms with van der Waals surface area (Å²) in [6.07, 6.45) is 16.7. The van der Waals surface area contributed by atoms with Crippen molar-refractivity contribution in [1.82, 2.24) is 0 Å². The molecule has 0 amide bonds. The highest BCUT2D eigenvalue weighted by Gasteiger charge is 2.20. The molecule has 13 heavy (non-hydrogen) atoms. The third-order valence-corrected chi connectivity index (χ3v) is 3.22. The summed E-state index contributed by atoms with van der Waals surface area (Å²) in [5.41, 5.74) is 1.64. The van der Waals surface area contributed by atoms with Gasteiger partial charge in [-0.3, -0.25) is 0 Å². The maximum absolute atomic E-state index is 2.42. The van der Waals surface area contributed by atoms with Gasteiger partial charge in [0.1, 0.15) is 0 Å². The number of hydrogen-bond acceptors (Lipinski definition) is 0. The van der Waals surface area contributed by atoms with E-state index in [9.17, 15) is 0 Å². The highest BCUT2D eigenvalue weighted by atomic mass is 14.3.